The van der Waals surface area contributed by atoms with Crippen LogP contribution in [0.2, 0.25) is 0 Å². The molecule has 0 aliphatic rings. The molecule has 0 fully saturated rings. The van der Waals surface area contributed by atoms with Gasteiger partial charge in [0, 0.05) is 25.2 Å². The van der Waals surface area contributed by atoms with Crippen molar-refractivity contribution in [2.24, 2.45) is 0 Å². The summed E-state index contributed by atoms with van der Waals surface area (Å²) in [5.41, 5.74) is 7.14. The maximum atomic E-state index is 12.3. The minimum atomic E-state index is -0.634. The zero-order valence-corrected chi connectivity index (χ0v) is 14.6. The molecule has 1 aromatic rings. The van der Waals surface area contributed by atoms with Gasteiger partial charge in [-0.1, -0.05) is 44.7 Å². The van der Waals surface area contributed by atoms with E-state index in [4.69, 9.17) is 5.73 Å². The molecular formula is C19H32N2O2. The fraction of sp³-hybridized carbons (Fsp3) is 0.632. The third-order valence-corrected chi connectivity index (χ3v) is 4.19. The summed E-state index contributed by atoms with van der Waals surface area (Å²) in [7, 11) is 0. The van der Waals surface area contributed by atoms with Gasteiger partial charge in [0.2, 0.25) is 5.91 Å². The first-order valence-electron chi connectivity index (χ1n) is 8.89. The Bertz CT molecular complexity index is 462. The zero-order valence-electron chi connectivity index (χ0n) is 14.6. The Labute approximate surface area is 140 Å². The van der Waals surface area contributed by atoms with Crippen molar-refractivity contribution in [3.63, 3.8) is 0 Å². The van der Waals surface area contributed by atoms with E-state index in [1.54, 1.807) is 12.1 Å². The molecule has 1 aromatic carbocycles. The van der Waals surface area contributed by atoms with Gasteiger partial charge in [0.1, 0.15) is 0 Å². The Balaban J connectivity index is 2.35. The number of aliphatic hydroxyl groups is 1. The summed E-state index contributed by atoms with van der Waals surface area (Å²) in [6.45, 7) is 5.78. The minimum Gasteiger partial charge on any atom is -0.399 e. The minimum absolute atomic E-state index is 0.131. The van der Waals surface area contributed by atoms with Gasteiger partial charge >= 0.3 is 0 Å². The first kappa shape index (κ1) is 19.5. The van der Waals surface area contributed by atoms with E-state index in [0.29, 0.717) is 18.5 Å². The van der Waals surface area contributed by atoms with E-state index in [1.165, 1.54) is 25.7 Å². The van der Waals surface area contributed by atoms with E-state index >= 15 is 0 Å². The molecule has 0 radical (unpaired) electrons. The number of carbonyl (C=O) groups is 1. The van der Waals surface area contributed by atoms with Crippen LogP contribution in [0, 0.1) is 0 Å². The van der Waals surface area contributed by atoms with Crippen molar-refractivity contribution in [3.05, 3.63) is 29.8 Å². The van der Waals surface area contributed by atoms with Gasteiger partial charge < -0.3 is 15.7 Å². The predicted molar refractivity (Wildman–Crippen MR) is 96.1 cm³/mol. The van der Waals surface area contributed by atoms with Crippen LogP contribution in [0.5, 0.6) is 0 Å². The lowest BCUT2D eigenvalue weighted by Crippen LogP contribution is -2.31. The molecule has 1 amide bonds. The summed E-state index contributed by atoms with van der Waals surface area (Å²) >= 11 is 0. The lowest BCUT2D eigenvalue weighted by atomic mass is 10.0. The Hall–Kier alpha value is -1.55. The topological polar surface area (TPSA) is 66.6 Å². The molecule has 4 nitrogen and oxygen atoms in total. The number of carbonyl (C=O) groups excluding carboxylic acids is 1. The highest BCUT2D eigenvalue weighted by molar-refractivity contribution is 5.76. The van der Waals surface area contributed by atoms with Crippen LogP contribution in [0.15, 0.2) is 24.3 Å². The number of rotatable bonds is 11. The van der Waals surface area contributed by atoms with Crippen molar-refractivity contribution in [1.29, 1.82) is 0 Å². The van der Waals surface area contributed by atoms with Gasteiger partial charge in [0.25, 0.3) is 0 Å². The van der Waals surface area contributed by atoms with Gasteiger partial charge in [-0.25, -0.2) is 0 Å². The summed E-state index contributed by atoms with van der Waals surface area (Å²) in [4.78, 5) is 14.2. The van der Waals surface area contributed by atoms with Crippen LogP contribution in [0.3, 0.4) is 0 Å². The van der Waals surface area contributed by atoms with Crippen LogP contribution < -0.4 is 5.73 Å². The maximum Gasteiger partial charge on any atom is 0.222 e. The van der Waals surface area contributed by atoms with Gasteiger partial charge in [-0.15, -0.1) is 0 Å². The molecule has 23 heavy (non-hydrogen) atoms. The SMILES string of the molecule is CCCCCCCN(CC)C(=O)CC[C@H](O)c1cccc(N)c1. The molecule has 0 spiro atoms. The van der Waals surface area contributed by atoms with Crippen LogP contribution in [0.25, 0.3) is 0 Å². The van der Waals surface area contributed by atoms with Gasteiger partial charge in [0.05, 0.1) is 6.10 Å². The van der Waals surface area contributed by atoms with E-state index in [1.807, 2.05) is 24.0 Å². The summed E-state index contributed by atoms with van der Waals surface area (Å²) in [5.74, 6) is 0.131. The van der Waals surface area contributed by atoms with Crippen molar-refractivity contribution in [1.82, 2.24) is 4.90 Å². The van der Waals surface area contributed by atoms with Crippen LogP contribution >= 0.6 is 0 Å². The second kappa shape index (κ2) is 11.1. The number of anilines is 1. The molecule has 1 rings (SSSR count). The molecule has 4 heteroatoms. The monoisotopic (exact) mass is 320 g/mol. The summed E-state index contributed by atoms with van der Waals surface area (Å²) in [6.07, 6.45) is 6.18. The van der Waals surface area contributed by atoms with Crippen molar-refractivity contribution >= 4 is 11.6 Å². The number of nitrogen functional groups attached to an aromatic ring is 1. The van der Waals surface area contributed by atoms with Crippen LogP contribution in [-0.4, -0.2) is 29.0 Å². The van der Waals surface area contributed by atoms with Gasteiger partial charge in [-0.05, 0) is 37.5 Å². The summed E-state index contributed by atoms with van der Waals surface area (Å²) in [6, 6.07) is 7.22. The van der Waals surface area contributed by atoms with E-state index < -0.39 is 6.10 Å². The van der Waals surface area contributed by atoms with E-state index in [9.17, 15) is 9.90 Å². The molecule has 0 aliphatic heterocycles. The number of unbranched alkanes of at least 4 members (excludes halogenated alkanes) is 4. The fourth-order valence-electron chi connectivity index (χ4n) is 2.72. The zero-order chi connectivity index (χ0) is 17.1. The van der Waals surface area contributed by atoms with Crippen molar-refractivity contribution in [3.8, 4) is 0 Å². The lowest BCUT2D eigenvalue weighted by molar-refractivity contribution is -0.131. The Morgan fingerprint density at radius 1 is 1.22 bits per heavy atom. The molecule has 130 valence electrons. The average Bonchev–Trinajstić information content (AvgIpc) is 2.55. The summed E-state index contributed by atoms with van der Waals surface area (Å²) < 4.78 is 0. The highest BCUT2D eigenvalue weighted by Gasteiger charge is 2.15. The molecule has 0 saturated carbocycles. The number of nitrogens with two attached hydrogens (primary N) is 1. The van der Waals surface area contributed by atoms with Gasteiger partial charge in [-0.3, -0.25) is 4.79 Å². The molecule has 0 heterocycles. The van der Waals surface area contributed by atoms with Crippen LogP contribution in [-0.2, 0) is 4.79 Å². The van der Waals surface area contributed by atoms with Gasteiger partial charge in [-0.2, -0.15) is 0 Å². The highest BCUT2D eigenvalue weighted by Crippen LogP contribution is 2.20. The van der Waals surface area contributed by atoms with Crippen LogP contribution in [0.4, 0.5) is 5.69 Å². The number of benzene rings is 1. The van der Waals surface area contributed by atoms with Crippen molar-refractivity contribution < 1.29 is 9.90 Å². The molecule has 0 unspecified atom stereocenters. The van der Waals surface area contributed by atoms with Crippen molar-refractivity contribution in [2.45, 2.75) is 64.9 Å². The molecule has 0 aliphatic carbocycles. The first-order chi connectivity index (χ1) is 11.1. The molecular weight excluding hydrogens is 288 g/mol. The normalized spacial score (nSPS) is 12.1. The third-order valence-electron chi connectivity index (χ3n) is 4.19. The Kier molecular flexibility index (Phi) is 9.37. The standard InChI is InChI=1S/C19H32N2O2/c1-3-5-6-7-8-14-21(4-2)19(23)13-12-18(22)16-10-9-11-17(20)15-16/h9-11,15,18,22H,3-8,12-14,20H2,1-2H3/t18-/m0/s1. The molecule has 3 N–H and O–H groups in total. The van der Waals surface area contributed by atoms with Crippen LogP contribution in [0.1, 0.15) is 70.5 Å². The first-order valence-corrected chi connectivity index (χ1v) is 8.89. The molecule has 0 bridgehead atoms. The number of nitrogens with zero attached hydrogens (tertiary/aromatic N) is 1. The average molecular weight is 320 g/mol. The summed E-state index contributed by atoms with van der Waals surface area (Å²) in [5, 5.41) is 10.2. The predicted octanol–water partition coefficient (Wildman–Crippen LogP) is 3.90. The van der Waals surface area contributed by atoms with Gasteiger partial charge in [0.15, 0.2) is 0 Å². The maximum absolute atomic E-state index is 12.3. The fourth-order valence-corrected chi connectivity index (χ4v) is 2.72. The largest absolute Gasteiger partial charge is 0.399 e. The second-order valence-electron chi connectivity index (χ2n) is 6.11. The molecule has 0 saturated heterocycles. The number of amides is 1. The van der Waals surface area contributed by atoms with Crippen molar-refractivity contribution in [2.75, 3.05) is 18.8 Å². The number of hydrogen-bond acceptors (Lipinski definition) is 3. The number of hydrogen-bond donors (Lipinski definition) is 2. The number of aliphatic hydroxyl groups excluding tert-OH is 1. The van der Waals surface area contributed by atoms with E-state index in [-0.39, 0.29) is 5.91 Å². The highest BCUT2D eigenvalue weighted by atomic mass is 16.3. The molecule has 0 aromatic heterocycles. The Morgan fingerprint density at radius 2 is 1.96 bits per heavy atom. The lowest BCUT2D eigenvalue weighted by Gasteiger charge is -2.21. The molecule has 1 atom stereocenters. The quantitative estimate of drug-likeness (QED) is 0.480. The smallest absolute Gasteiger partial charge is 0.222 e. The van der Waals surface area contributed by atoms with E-state index in [2.05, 4.69) is 6.92 Å². The Morgan fingerprint density at radius 3 is 2.61 bits per heavy atom. The third kappa shape index (κ3) is 7.51. The second-order valence-corrected chi connectivity index (χ2v) is 6.11. The van der Waals surface area contributed by atoms with E-state index in [0.717, 1.165) is 25.1 Å².